The molecular weight excluding hydrogens is 246 g/mol. The van der Waals surface area contributed by atoms with Crippen molar-refractivity contribution in [2.45, 2.75) is 32.9 Å². The lowest BCUT2D eigenvalue weighted by Gasteiger charge is -2.32. The van der Waals surface area contributed by atoms with Gasteiger partial charge in [-0.2, -0.15) is 0 Å². The molecule has 1 atom stereocenters. The number of morpholine rings is 1. The predicted molar refractivity (Wildman–Crippen MR) is 75.1 cm³/mol. The fourth-order valence-corrected chi connectivity index (χ4v) is 2.97. The van der Waals surface area contributed by atoms with Crippen molar-refractivity contribution in [1.29, 1.82) is 0 Å². The molecule has 0 aromatic carbocycles. The van der Waals surface area contributed by atoms with E-state index in [0.717, 1.165) is 45.8 Å². The zero-order valence-corrected chi connectivity index (χ0v) is 12.1. The maximum absolute atomic E-state index is 5.76. The molecule has 0 aliphatic carbocycles. The Morgan fingerprint density at radius 2 is 2.44 bits per heavy atom. The molecule has 1 aromatic rings. The van der Waals surface area contributed by atoms with Gasteiger partial charge < -0.3 is 10.1 Å². The number of nitrogens with zero attached hydrogens (tertiary/aromatic N) is 2. The number of thiazole rings is 1. The Labute approximate surface area is 113 Å². The van der Waals surface area contributed by atoms with Gasteiger partial charge in [0.05, 0.1) is 17.7 Å². The van der Waals surface area contributed by atoms with Crippen LogP contribution in [0.3, 0.4) is 0 Å². The van der Waals surface area contributed by atoms with Crippen LogP contribution in [0.2, 0.25) is 0 Å². The number of hydrogen-bond donors (Lipinski definition) is 1. The highest BCUT2D eigenvalue weighted by molar-refractivity contribution is 7.11. The topological polar surface area (TPSA) is 37.4 Å². The molecule has 0 bridgehead atoms. The third-order valence-corrected chi connectivity index (χ3v) is 4.39. The van der Waals surface area contributed by atoms with Gasteiger partial charge in [0.2, 0.25) is 0 Å². The average Bonchev–Trinajstić information content (AvgIpc) is 2.87. The molecule has 1 fully saturated rings. The molecule has 2 heterocycles. The zero-order valence-electron chi connectivity index (χ0n) is 11.3. The number of likely N-dealkylation sites (N-methyl/N-ethyl adjacent to an activating group) is 1. The van der Waals surface area contributed by atoms with Crippen LogP contribution in [-0.4, -0.2) is 48.8 Å². The fourth-order valence-electron chi connectivity index (χ4n) is 2.14. The van der Waals surface area contributed by atoms with Gasteiger partial charge in [0.25, 0.3) is 0 Å². The minimum absolute atomic E-state index is 0.331. The molecule has 102 valence electrons. The lowest BCUT2D eigenvalue weighted by Crippen LogP contribution is -2.46. The highest BCUT2D eigenvalue weighted by Crippen LogP contribution is 2.13. The molecule has 0 saturated carbocycles. The Morgan fingerprint density at radius 3 is 3.17 bits per heavy atom. The van der Waals surface area contributed by atoms with E-state index >= 15 is 0 Å². The van der Waals surface area contributed by atoms with Gasteiger partial charge in [-0.1, -0.05) is 13.8 Å². The summed E-state index contributed by atoms with van der Waals surface area (Å²) in [5.74, 6) is 0. The highest BCUT2D eigenvalue weighted by Gasteiger charge is 2.18. The molecule has 18 heavy (non-hydrogen) atoms. The number of aryl methyl sites for hydroxylation is 1. The quantitative estimate of drug-likeness (QED) is 0.849. The molecule has 1 aliphatic rings. The van der Waals surface area contributed by atoms with Crippen LogP contribution in [0.4, 0.5) is 0 Å². The lowest BCUT2D eigenvalue weighted by molar-refractivity contribution is -0.0253. The largest absolute Gasteiger partial charge is 0.374 e. The lowest BCUT2D eigenvalue weighted by atomic mass is 10.2. The molecule has 0 radical (unpaired) electrons. The van der Waals surface area contributed by atoms with E-state index in [4.69, 9.17) is 4.74 Å². The summed E-state index contributed by atoms with van der Waals surface area (Å²) < 4.78 is 5.76. The van der Waals surface area contributed by atoms with Gasteiger partial charge in [-0.15, -0.1) is 11.3 Å². The van der Waals surface area contributed by atoms with Gasteiger partial charge in [-0.25, -0.2) is 4.98 Å². The highest BCUT2D eigenvalue weighted by atomic mass is 32.1. The molecule has 0 amide bonds. The molecule has 0 spiro atoms. The van der Waals surface area contributed by atoms with Gasteiger partial charge >= 0.3 is 0 Å². The maximum Gasteiger partial charge on any atom is 0.0925 e. The van der Waals surface area contributed by atoms with Gasteiger partial charge in [0.1, 0.15) is 0 Å². The smallest absolute Gasteiger partial charge is 0.0925 e. The van der Waals surface area contributed by atoms with Crippen molar-refractivity contribution >= 4 is 11.3 Å². The second kappa shape index (κ2) is 7.19. The number of aromatic nitrogens is 1. The number of ether oxygens (including phenoxy) is 1. The van der Waals surface area contributed by atoms with Crippen molar-refractivity contribution in [2.24, 2.45) is 0 Å². The van der Waals surface area contributed by atoms with Crippen LogP contribution in [0.1, 0.15) is 23.7 Å². The first-order valence-electron chi connectivity index (χ1n) is 6.80. The minimum atomic E-state index is 0.331. The van der Waals surface area contributed by atoms with Gasteiger partial charge in [-0.3, -0.25) is 4.90 Å². The van der Waals surface area contributed by atoms with Crippen molar-refractivity contribution in [2.75, 3.05) is 32.8 Å². The number of rotatable bonds is 6. The van der Waals surface area contributed by atoms with E-state index in [1.165, 1.54) is 9.88 Å². The second-order valence-corrected chi connectivity index (χ2v) is 5.79. The second-order valence-electron chi connectivity index (χ2n) is 4.59. The van der Waals surface area contributed by atoms with Crippen LogP contribution < -0.4 is 5.32 Å². The van der Waals surface area contributed by atoms with Crippen LogP contribution >= 0.6 is 11.3 Å². The van der Waals surface area contributed by atoms with E-state index < -0.39 is 0 Å². The third-order valence-electron chi connectivity index (χ3n) is 3.25. The van der Waals surface area contributed by atoms with Gasteiger partial charge in [-0.05, 0) is 13.0 Å². The molecule has 5 heteroatoms. The normalized spacial score (nSPS) is 21.3. The molecule has 1 unspecified atom stereocenters. The number of hydrogen-bond acceptors (Lipinski definition) is 5. The summed E-state index contributed by atoms with van der Waals surface area (Å²) in [5, 5.41) is 4.69. The molecule has 2 rings (SSSR count). The third kappa shape index (κ3) is 4.02. The van der Waals surface area contributed by atoms with Crippen molar-refractivity contribution in [3.8, 4) is 0 Å². The summed E-state index contributed by atoms with van der Waals surface area (Å²) in [6.45, 7) is 10.3. The summed E-state index contributed by atoms with van der Waals surface area (Å²) in [4.78, 5) is 8.12. The Morgan fingerprint density at radius 1 is 1.56 bits per heavy atom. The summed E-state index contributed by atoms with van der Waals surface area (Å²) in [6.07, 6.45) is 3.34. The first kappa shape index (κ1) is 13.9. The minimum Gasteiger partial charge on any atom is -0.374 e. The summed E-state index contributed by atoms with van der Waals surface area (Å²) in [7, 11) is 0. The fraction of sp³-hybridized carbons (Fsp3) is 0.769. The van der Waals surface area contributed by atoms with Crippen molar-refractivity contribution in [1.82, 2.24) is 15.2 Å². The van der Waals surface area contributed by atoms with Crippen molar-refractivity contribution in [3.05, 3.63) is 16.1 Å². The van der Waals surface area contributed by atoms with E-state index in [1.54, 1.807) is 11.3 Å². The summed E-state index contributed by atoms with van der Waals surface area (Å²) in [6, 6.07) is 0. The first-order chi connectivity index (χ1) is 8.81. The van der Waals surface area contributed by atoms with Crippen LogP contribution in [0.15, 0.2) is 6.20 Å². The van der Waals surface area contributed by atoms with Gasteiger partial charge in [0, 0.05) is 37.3 Å². The monoisotopic (exact) mass is 269 g/mol. The van der Waals surface area contributed by atoms with Crippen LogP contribution in [0.5, 0.6) is 0 Å². The summed E-state index contributed by atoms with van der Waals surface area (Å²) in [5.41, 5.74) is 0. The number of nitrogens with one attached hydrogen (secondary N) is 1. The Hall–Kier alpha value is -0.490. The molecule has 1 N–H and O–H groups in total. The Bertz CT molecular complexity index is 356. The molecular formula is C13H23N3OS. The molecule has 1 saturated heterocycles. The average molecular weight is 269 g/mol. The van der Waals surface area contributed by atoms with E-state index in [-0.39, 0.29) is 0 Å². The van der Waals surface area contributed by atoms with E-state index in [9.17, 15) is 0 Å². The van der Waals surface area contributed by atoms with Crippen LogP contribution in [0.25, 0.3) is 0 Å². The van der Waals surface area contributed by atoms with Crippen molar-refractivity contribution < 1.29 is 4.74 Å². The van der Waals surface area contributed by atoms with Crippen LogP contribution in [-0.2, 0) is 17.7 Å². The van der Waals surface area contributed by atoms with Gasteiger partial charge in [0.15, 0.2) is 0 Å². The molecule has 4 nitrogen and oxygen atoms in total. The standard InChI is InChI=1S/C13H23N3OS/c1-3-13-15-9-12(18-13)8-14-7-11-10-16(4-2)5-6-17-11/h9,11,14H,3-8,10H2,1-2H3. The van der Waals surface area contributed by atoms with E-state index in [1.807, 2.05) is 6.20 Å². The zero-order chi connectivity index (χ0) is 12.8. The van der Waals surface area contributed by atoms with Crippen molar-refractivity contribution in [3.63, 3.8) is 0 Å². The Kier molecular flexibility index (Phi) is 5.56. The SMILES string of the molecule is CCc1ncc(CNCC2CN(CC)CCO2)s1. The molecule has 1 aromatic heterocycles. The van der Waals surface area contributed by atoms with Crippen LogP contribution in [0, 0.1) is 0 Å². The molecule has 1 aliphatic heterocycles. The maximum atomic E-state index is 5.76. The van der Waals surface area contributed by atoms with E-state index in [2.05, 4.69) is 29.0 Å². The Balaban J connectivity index is 1.68. The van der Waals surface area contributed by atoms with E-state index in [0.29, 0.717) is 6.10 Å². The first-order valence-corrected chi connectivity index (χ1v) is 7.61. The predicted octanol–water partition coefficient (Wildman–Crippen LogP) is 1.52. The summed E-state index contributed by atoms with van der Waals surface area (Å²) >= 11 is 1.80.